The van der Waals surface area contributed by atoms with Crippen LogP contribution in [-0.2, 0) is 9.59 Å². The second kappa shape index (κ2) is 6.06. The molecule has 1 aliphatic heterocycles. The van der Waals surface area contributed by atoms with Crippen LogP contribution in [0.15, 0.2) is 24.3 Å². The molecule has 1 heterocycles. The number of likely N-dealkylation sites (tertiary alicyclic amines) is 1. The third-order valence-corrected chi connectivity index (χ3v) is 4.21. The highest BCUT2D eigenvalue weighted by Crippen LogP contribution is 2.35. The predicted octanol–water partition coefficient (Wildman–Crippen LogP) is 3.50. The van der Waals surface area contributed by atoms with Crippen molar-refractivity contribution in [1.82, 2.24) is 4.90 Å². The van der Waals surface area contributed by atoms with Crippen molar-refractivity contribution in [2.75, 3.05) is 6.54 Å². The Kier molecular flexibility index (Phi) is 4.57. The zero-order valence-electron chi connectivity index (χ0n) is 12.3. The zero-order valence-corrected chi connectivity index (χ0v) is 13.1. The maximum atomic E-state index is 12.5. The smallest absolute Gasteiger partial charge is 0.309 e. The van der Waals surface area contributed by atoms with Crippen LogP contribution in [0.5, 0.6) is 0 Å². The Labute approximate surface area is 129 Å². The zero-order chi connectivity index (χ0) is 15.6. The van der Waals surface area contributed by atoms with Crippen molar-refractivity contribution in [3.63, 3.8) is 0 Å². The van der Waals surface area contributed by atoms with E-state index >= 15 is 0 Å². The Bertz CT molecular complexity index is 556. The molecular weight excluding hydrogens is 290 g/mol. The lowest BCUT2D eigenvalue weighted by Gasteiger charge is -2.28. The largest absolute Gasteiger partial charge is 0.481 e. The summed E-state index contributed by atoms with van der Waals surface area (Å²) in [6.07, 6.45) is 1.83. The number of carboxylic acid groups (broad SMARTS) is 1. The van der Waals surface area contributed by atoms with Crippen molar-refractivity contribution in [2.45, 2.75) is 39.2 Å². The van der Waals surface area contributed by atoms with Crippen molar-refractivity contribution in [2.24, 2.45) is 5.41 Å². The van der Waals surface area contributed by atoms with E-state index in [1.807, 2.05) is 18.2 Å². The Morgan fingerprint density at radius 3 is 2.76 bits per heavy atom. The van der Waals surface area contributed by atoms with Crippen LogP contribution in [0.1, 0.15) is 44.7 Å². The summed E-state index contributed by atoms with van der Waals surface area (Å²) >= 11 is 6.02. The summed E-state index contributed by atoms with van der Waals surface area (Å²) in [7, 11) is 0. The molecule has 1 saturated heterocycles. The molecule has 0 bridgehead atoms. The van der Waals surface area contributed by atoms with Gasteiger partial charge in [-0.2, -0.15) is 0 Å². The molecule has 5 heteroatoms. The molecule has 1 unspecified atom stereocenters. The standard InChI is InChI=1S/C16H20ClNO3/c1-16(2,15(20)21)10-14(19)18-8-4-7-13(18)11-5-3-6-12(17)9-11/h3,5-6,9,13H,4,7-8,10H2,1-2H3,(H,20,21). The van der Waals surface area contributed by atoms with Crippen LogP contribution in [-0.4, -0.2) is 28.4 Å². The highest BCUT2D eigenvalue weighted by Gasteiger charge is 2.36. The maximum absolute atomic E-state index is 12.5. The second-order valence-electron chi connectivity index (χ2n) is 6.17. The lowest BCUT2D eigenvalue weighted by molar-refractivity contribution is -0.151. The number of hydrogen-bond acceptors (Lipinski definition) is 2. The van der Waals surface area contributed by atoms with Gasteiger partial charge in [0.2, 0.25) is 5.91 Å². The van der Waals surface area contributed by atoms with E-state index < -0.39 is 11.4 Å². The number of hydrogen-bond donors (Lipinski definition) is 1. The fourth-order valence-corrected chi connectivity index (χ4v) is 2.88. The van der Waals surface area contributed by atoms with Crippen LogP contribution in [0.3, 0.4) is 0 Å². The average Bonchev–Trinajstić information content (AvgIpc) is 2.87. The van der Waals surface area contributed by atoms with Crippen LogP contribution in [0, 0.1) is 5.41 Å². The summed E-state index contributed by atoms with van der Waals surface area (Å²) < 4.78 is 0. The van der Waals surface area contributed by atoms with E-state index in [1.54, 1.807) is 24.8 Å². The molecule has 0 aromatic heterocycles. The molecule has 0 saturated carbocycles. The predicted molar refractivity (Wildman–Crippen MR) is 81.2 cm³/mol. The molecule has 0 spiro atoms. The van der Waals surface area contributed by atoms with Crippen LogP contribution >= 0.6 is 11.6 Å². The minimum absolute atomic E-state index is 0.000736. The number of halogens is 1. The fraction of sp³-hybridized carbons (Fsp3) is 0.500. The van der Waals surface area contributed by atoms with Gasteiger partial charge in [-0.05, 0) is 44.4 Å². The van der Waals surface area contributed by atoms with Crippen molar-refractivity contribution >= 4 is 23.5 Å². The summed E-state index contributed by atoms with van der Waals surface area (Å²) in [4.78, 5) is 25.4. The first-order valence-electron chi connectivity index (χ1n) is 7.09. The van der Waals surface area contributed by atoms with Gasteiger partial charge in [0.25, 0.3) is 0 Å². The number of carbonyl (C=O) groups excluding carboxylic acids is 1. The van der Waals surface area contributed by atoms with Crippen LogP contribution < -0.4 is 0 Å². The molecule has 1 N–H and O–H groups in total. The van der Waals surface area contributed by atoms with Gasteiger partial charge in [0.1, 0.15) is 0 Å². The third kappa shape index (κ3) is 3.56. The second-order valence-corrected chi connectivity index (χ2v) is 6.60. The summed E-state index contributed by atoms with van der Waals surface area (Å²) in [5.74, 6) is -1.06. The van der Waals surface area contributed by atoms with E-state index in [2.05, 4.69) is 0 Å². The molecule has 114 valence electrons. The minimum Gasteiger partial charge on any atom is -0.481 e. The molecule has 1 fully saturated rings. The Hall–Kier alpha value is -1.55. The number of benzene rings is 1. The number of amides is 1. The topological polar surface area (TPSA) is 57.6 Å². The van der Waals surface area contributed by atoms with Gasteiger partial charge in [-0.3, -0.25) is 9.59 Å². The molecule has 21 heavy (non-hydrogen) atoms. The molecule has 0 aliphatic carbocycles. The first-order valence-corrected chi connectivity index (χ1v) is 7.47. The molecule has 2 rings (SSSR count). The van der Waals surface area contributed by atoms with Gasteiger partial charge in [0.15, 0.2) is 0 Å². The van der Waals surface area contributed by atoms with Crippen molar-refractivity contribution < 1.29 is 14.7 Å². The number of rotatable bonds is 4. The van der Waals surface area contributed by atoms with Crippen molar-refractivity contribution in [3.8, 4) is 0 Å². The molecular formula is C16H20ClNO3. The molecule has 1 amide bonds. The monoisotopic (exact) mass is 309 g/mol. The van der Waals surface area contributed by atoms with E-state index in [0.717, 1.165) is 18.4 Å². The van der Waals surface area contributed by atoms with E-state index in [1.165, 1.54) is 0 Å². The lowest BCUT2D eigenvalue weighted by atomic mass is 9.88. The molecule has 4 nitrogen and oxygen atoms in total. The number of carbonyl (C=O) groups is 2. The molecule has 1 atom stereocenters. The first kappa shape index (κ1) is 15.8. The number of aliphatic carboxylic acids is 1. The highest BCUT2D eigenvalue weighted by molar-refractivity contribution is 6.30. The number of nitrogens with zero attached hydrogens (tertiary/aromatic N) is 1. The van der Waals surface area contributed by atoms with Gasteiger partial charge in [-0.25, -0.2) is 0 Å². The van der Waals surface area contributed by atoms with Gasteiger partial charge >= 0.3 is 5.97 Å². The van der Waals surface area contributed by atoms with Crippen molar-refractivity contribution in [3.05, 3.63) is 34.9 Å². The fourth-order valence-electron chi connectivity index (χ4n) is 2.68. The van der Waals surface area contributed by atoms with Gasteiger partial charge in [0, 0.05) is 18.0 Å². The van der Waals surface area contributed by atoms with E-state index in [-0.39, 0.29) is 18.4 Å². The van der Waals surface area contributed by atoms with Gasteiger partial charge in [-0.15, -0.1) is 0 Å². The third-order valence-electron chi connectivity index (χ3n) is 3.98. The van der Waals surface area contributed by atoms with Crippen LogP contribution in [0.4, 0.5) is 0 Å². The Morgan fingerprint density at radius 2 is 2.14 bits per heavy atom. The lowest BCUT2D eigenvalue weighted by Crippen LogP contribution is -2.36. The molecule has 0 radical (unpaired) electrons. The number of carboxylic acids is 1. The normalized spacial score (nSPS) is 18.8. The minimum atomic E-state index is -1.04. The molecule has 1 aliphatic rings. The summed E-state index contributed by atoms with van der Waals surface area (Å²) in [5, 5.41) is 9.81. The SMILES string of the molecule is CC(C)(CC(=O)N1CCCC1c1cccc(Cl)c1)C(=O)O. The quantitative estimate of drug-likeness (QED) is 0.926. The van der Waals surface area contributed by atoms with Crippen LogP contribution in [0.25, 0.3) is 0 Å². The van der Waals surface area contributed by atoms with Crippen molar-refractivity contribution in [1.29, 1.82) is 0 Å². The Morgan fingerprint density at radius 1 is 1.43 bits per heavy atom. The van der Waals surface area contributed by atoms with Gasteiger partial charge in [-0.1, -0.05) is 23.7 Å². The summed E-state index contributed by atoms with van der Waals surface area (Å²) in [5.41, 5.74) is -0.0278. The van der Waals surface area contributed by atoms with E-state index in [4.69, 9.17) is 16.7 Å². The maximum Gasteiger partial charge on any atom is 0.309 e. The van der Waals surface area contributed by atoms with E-state index in [9.17, 15) is 9.59 Å². The molecule has 1 aromatic rings. The average molecular weight is 310 g/mol. The highest BCUT2D eigenvalue weighted by atomic mass is 35.5. The van der Waals surface area contributed by atoms with Gasteiger partial charge < -0.3 is 10.0 Å². The Balaban J connectivity index is 2.15. The van der Waals surface area contributed by atoms with Gasteiger partial charge in [0.05, 0.1) is 11.5 Å². The first-order chi connectivity index (χ1) is 9.81. The van der Waals surface area contributed by atoms with E-state index in [0.29, 0.717) is 11.6 Å². The molecule has 1 aromatic carbocycles. The van der Waals surface area contributed by atoms with Crippen LogP contribution in [0.2, 0.25) is 5.02 Å². The summed E-state index contributed by atoms with van der Waals surface area (Å²) in [6.45, 7) is 3.83. The summed E-state index contributed by atoms with van der Waals surface area (Å²) in [6, 6.07) is 7.52.